The number of nitrogens with one attached hydrogen (secondary N) is 1. The Morgan fingerprint density at radius 2 is 1.97 bits per heavy atom. The molecule has 0 aromatic heterocycles. The largest absolute Gasteiger partial charge is 0.490 e. The zero-order valence-corrected chi connectivity index (χ0v) is 19.8. The highest BCUT2D eigenvalue weighted by atomic mass is 127. The molecule has 0 spiro atoms. The van der Waals surface area contributed by atoms with Gasteiger partial charge in [-0.05, 0) is 78.4 Å². The number of amides is 1. The number of rotatable bonds is 9. The molecular weight excluding hydrogens is 535 g/mol. The van der Waals surface area contributed by atoms with E-state index in [2.05, 4.69) is 5.32 Å². The summed E-state index contributed by atoms with van der Waals surface area (Å²) in [6.07, 6.45) is 1.44. The number of ether oxygens (including phenoxy) is 3. The predicted molar refractivity (Wildman–Crippen MR) is 126 cm³/mol. The molecule has 1 amide bonds. The van der Waals surface area contributed by atoms with Crippen LogP contribution >= 0.6 is 34.2 Å². The standard InChI is InChI=1S/C22H20ClIN2O5/c1-3-29-19-10-14(9-18(24)21(19)31-13-20(27)30-4-2)8-15(12-25)22(28)26-17-7-5-6-16(23)11-17/h5-11H,3-4,13H2,1-2H3,(H,26,28)/b15-8+. The molecule has 0 aliphatic rings. The number of carbonyl (C=O) groups excluding carboxylic acids is 2. The molecule has 0 radical (unpaired) electrons. The molecule has 0 aliphatic heterocycles. The highest BCUT2D eigenvalue weighted by Crippen LogP contribution is 2.35. The van der Waals surface area contributed by atoms with Gasteiger partial charge < -0.3 is 19.5 Å². The number of hydrogen-bond donors (Lipinski definition) is 1. The Morgan fingerprint density at radius 1 is 1.19 bits per heavy atom. The molecule has 0 unspecified atom stereocenters. The lowest BCUT2D eigenvalue weighted by Crippen LogP contribution is -2.15. The lowest BCUT2D eigenvalue weighted by molar-refractivity contribution is -0.145. The van der Waals surface area contributed by atoms with Gasteiger partial charge in [0.15, 0.2) is 18.1 Å². The summed E-state index contributed by atoms with van der Waals surface area (Å²) < 4.78 is 16.7. The van der Waals surface area contributed by atoms with Crippen LogP contribution in [0.1, 0.15) is 19.4 Å². The number of nitrogens with zero attached hydrogens (tertiary/aromatic N) is 1. The first-order chi connectivity index (χ1) is 14.9. The highest BCUT2D eigenvalue weighted by Gasteiger charge is 2.16. The lowest BCUT2D eigenvalue weighted by atomic mass is 10.1. The zero-order chi connectivity index (χ0) is 22.8. The van der Waals surface area contributed by atoms with E-state index in [4.69, 9.17) is 25.8 Å². The van der Waals surface area contributed by atoms with Gasteiger partial charge in [0.25, 0.3) is 5.91 Å². The van der Waals surface area contributed by atoms with Gasteiger partial charge in [-0.15, -0.1) is 0 Å². The van der Waals surface area contributed by atoms with Gasteiger partial charge in [0.1, 0.15) is 11.6 Å². The van der Waals surface area contributed by atoms with Crippen molar-refractivity contribution in [1.82, 2.24) is 0 Å². The minimum atomic E-state index is -0.569. The molecule has 1 N–H and O–H groups in total. The van der Waals surface area contributed by atoms with Gasteiger partial charge in [0, 0.05) is 10.7 Å². The fraction of sp³-hybridized carbons (Fsp3) is 0.227. The Hall–Kier alpha value is -2.77. The number of hydrogen-bond acceptors (Lipinski definition) is 6. The molecular formula is C22H20ClIN2O5. The maximum absolute atomic E-state index is 12.5. The first-order valence-electron chi connectivity index (χ1n) is 9.31. The van der Waals surface area contributed by atoms with Crippen LogP contribution in [0.15, 0.2) is 42.0 Å². The van der Waals surface area contributed by atoms with Gasteiger partial charge in [-0.2, -0.15) is 5.26 Å². The van der Waals surface area contributed by atoms with Crippen molar-refractivity contribution in [3.05, 3.63) is 56.1 Å². The van der Waals surface area contributed by atoms with Gasteiger partial charge in [0.2, 0.25) is 0 Å². The fourth-order valence-electron chi connectivity index (χ4n) is 2.49. The van der Waals surface area contributed by atoms with E-state index in [0.717, 1.165) is 0 Å². The van der Waals surface area contributed by atoms with Crippen molar-refractivity contribution >= 4 is 57.8 Å². The monoisotopic (exact) mass is 554 g/mol. The van der Waals surface area contributed by atoms with Gasteiger partial charge in [-0.3, -0.25) is 4.79 Å². The average molecular weight is 555 g/mol. The Bertz CT molecular complexity index is 1030. The Kier molecular flexibility index (Phi) is 9.62. The summed E-state index contributed by atoms with van der Waals surface area (Å²) in [6, 6.07) is 11.9. The number of esters is 1. The molecule has 0 aliphatic carbocycles. The zero-order valence-electron chi connectivity index (χ0n) is 16.9. The maximum Gasteiger partial charge on any atom is 0.344 e. The van der Waals surface area contributed by atoms with Crippen LogP contribution in [-0.2, 0) is 14.3 Å². The van der Waals surface area contributed by atoms with Crippen molar-refractivity contribution in [2.75, 3.05) is 25.1 Å². The lowest BCUT2D eigenvalue weighted by Gasteiger charge is -2.14. The molecule has 0 saturated carbocycles. The van der Waals surface area contributed by atoms with Gasteiger partial charge >= 0.3 is 5.97 Å². The van der Waals surface area contributed by atoms with Crippen molar-refractivity contribution in [3.8, 4) is 17.6 Å². The van der Waals surface area contributed by atoms with Crippen LogP contribution in [0.4, 0.5) is 5.69 Å². The molecule has 9 heteroatoms. The van der Waals surface area contributed by atoms with Crippen LogP contribution in [0, 0.1) is 14.9 Å². The van der Waals surface area contributed by atoms with E-state index in [-0.39, 0.29) is 18.8 Å². The number of anilines is 1. The van der Waals surface area contributed by atoms with E-state index in [9.17, 15) is 14.9 Å². The second-order valence-electron chi connectivity index (χ2n) is 5.99. The summed E-state index contributed by atoms with van der Waals surface area (Å²) >= 11 is 7.96. The summed E-state index contributed by atoms with van der Waals surface area (Å²) in [5, 5.41) is 12.6. The van der Waals surface area contributed by atoms with Gasteiger partial charge in [0.05, 0.1) is 16.8 Å². The molecule has 31 heavy (non-hydrogen) atoms. The minimum Gasteiger partial charge on any atom is -0.490 e. The first-order valence-corrected chi connectivity index (χ1v) is 10.8. The molecule has 0 bridgehead atoms. The average Bonchev–Trinajstić information content (AvgIpc) is 2.71. The third kappa shape index (κ3) is 7.45. The van der Waals surface area contributed by atoms with Crippen LogP contribution in [0.25, 0.3) is 6.08 Å². The smallest absolute Gasteiger partial charge is 0.344 e. The van der Waals surface area contributed by atoms with Crippen LogP contribution in [0.2, 0.25) is 5.02 Å². The molecule has 2 aromatic carbocycles. The fourth-order valence-corrected chi connectivity index (χ4v) is 3.46. The van der Waals surface area contributed by atoms with E-state index < -0.39 is 11.9 Å². The summed E-state index contributed by atoms with van der Waals surface area (Å²) in [5.41, 5.74) is 0.943. The van der Waals surface area contributed by atoms with Crippen LogP contribution < -0.4 is 14.8 Å². The molecule has 2 aromatic rings. The topological polar surface area (TPSA) is 97.7 Å². The Balaban J connectivity index is 2.28. The summed E-state index contributed by atoms with van der Waals surface area (Å²) in [6.45, 7) is 3.88. The first kappa shape index (κ1) is 24.5. The number of halogens is 2. The van der Waals surface area contributed by atoms with E-state index in [1.165, 1.54) is 6.08 Å². The highest BCUT2D eigenvalue weighted by molar-refractivity contribution is 14.1. The minimum absolute atomic E-state index is 0.0987. The van der Waals surface area contributed by atoms with Crippen LogP contribution in [0.3, 0.4) is 0 Å². The van der Waals surface area contributed by atoms with Gasteiger partial charge in [-0.1, -0.05) is 17.7 Å². The molecule has 0 atom stereocenters. The van der Waals surface area contributed by atoms with Gasteiger partial charge in [-0.25, -0.2) is 4.79 Å². The number of benzene rings is 2. The molecule has 0 heterocycles. The summed E-state index contributed by atoms with van der Waals surface area (Å²) in [5.74, 6) is -0.290. The number of nitriles is 1. The quantitative estimate of drug-likeness (QED) is 0.206. The molecule has 7 nitrogen and oxygen atoms in total. The van der Waals surface area contributed by atoms with E-state index in [1.54, 1.807) is 43.3 Å². The van der Waals surface area contributed by atoms with Crippen molar-refractivity contribution in [2.24, 2.45) is 0 Å². The SMILES string of the molecule is CCOC(=O)COc1c(I)cc(/C=C(\C#N)C(=O)Nc2cccc(Cl)c2)cc1OCC. The van der Waals surface area contributed by atoms with Crippen molar-refractivity contribution in [3.63, 3.8) is 0 Å². The predicted octanol–water partition coefficient (Wildman–Crippen LogP) is 4.83. The van der Waals surface area contributed by atoms with Crippen molar-refractivity contribution in [1.29, 1.82) is 5.26 Å². The van der Waals surface area contributed by atoms with Crippen molar-refractivity contribution < 1.29 is 23.8 Å². The van der Waals surface area contributed by atoms with Crippen LogP contribution in [0.5, 0.6) is 11.5 Å². The second kappa shape index (κ2) is 12.2. The van der Waals surface area contributed by atoms with E-state index in [1.807, 2.05) is 35.6 Å². The molecule has 2 rings (SSSR count). The molecule has 0 fully saturated rings. The Labute approximate surface area is 199 Å². The Morgan fingerprint density at radius 3 is 2.61 bits per heavy atom. The number of carbonyl (C=O) groups is 2. The maximum atomic E-state index is 12.5. The van der Waals surface area contributed by atoms with Crippen molar-refractivity contribution in [2.45, 2.75) is 13.8 Å². The third-order valence-corrected chi connectivity index (χ3v) is 4.77. The third-order valence-electron chi connectivity index (χ3n) is 3.73. The summed E-state index contributed by atoms with van der Waals surface area (Å²) in [4.78, 5) is 24.1. The van der Waals surface area contributed by atoms with Crippen LogP contribution in [-0.4, -0.2) is 31.7 Å². The molecule has 162 valence electrons. The van der Waals surface area contributed by atoms with E-state index >= 15 is 0 Å². The summed E-state index contributed by atoms with van der Waals surface area (Å²) in [7, 11) is 0. The van der Waals surface area contributed by atoms with E-state index in [0.29, 0.717) is 37.9 Å². The molecule has 0 saturated heterocycles. The normalized spacial score (nSPS) is 10.7. The second-order valence-corrected chi connectivity index (χ2v) is 7.59.